The van der Waals surface area contributed by atoms with Gasteiger partial charge in [0.1, 0.15) is 11.5 Å². The number of para-hydroxylation sites is 2. The fourth-order valence-corrected chi connectivity index (χ4v) is 2.99. The van der Waals surface area contributed by atoms with Crippen molar-refractivity contribution in [1.82, 2.24) is 0 Å². The van der Waals surface area contributed by atoms with Crippen LogP contribution in [-0.4, -0.2) is 24.0 Å². The van der Waals surface area contributed by atoms with Crippen molar-refractivity contribution in [3.05, 3.63) is 83.9 Å². The van der Waals surface area contributed by atoms with Crippen molar-refractivity contribution in [1.29, 1.82) is 0 Å². The van der Waals surface area contributed by atoms with E-state index < -0.39 is 12.2 Å². The summed E-state index contributed by atoms with van der Waals surface area (Å²) in [7, 11) is 0. The summed E-state index contributed by atoms with van der Waals surface area (Å²) in [6.07, 6.45) is -1.31. The highest BCUT2D eigenvalue weighted by atomic mass is 16.5. The van der Waals surface area contributed by atoms with Gasteiger partial charge in [0.25, 0.3) is 11.8 Å². The summed E-state index contributed by atoms with van der Waals surface area (Å²) in [5.41, 5.74) is 3.15. The molecule has 0 saturated carbocycles. The summed E-state index contributed by atoms with van der Waals surface area (Å²) < 4.78 is 11.5. The molecule has 0 aliphatic carbocycles. The lowest BCUT2D eigenvalue weighted by Gasteiger charge is -2.17. The molecule has 0 fully saturated rings. The number of anilines is 2. The van der Waals surface area contributed by atoms with E-state index in [0.717, 1.165) is 11.1 Å². The number of ether oxygens (including phenoxy) is 2. The number of hydrogen-bond acceptors (Lipinski definition) is 4. The Morgan fingerprint density at radius 1 is 0.625 bits per heavy atom. The Balaban J connectivity index is 1.53. The third-order valence-corrected chi connectivity index (χ3v) is 4.95. The molecule has 6 nitrogen and oxygen atoms in total. The van der Waals surface area contributed by atoms with E-state index >= 15 is 0 Å². The number of rotatable bonds is 8. The average Bonchev–Trinajstić information content (AvgIpc) is 2.78. The number of carbonyl (C=O) groups is 2. The first-order valence-electron chi connectivity index (χ1n) is 10.5. The molecule has 0 spiro atoms. The van der Waals surface area contributed by atoms with Gasteiger partial charge in [-0.15, -0.1) is 0 Å². The first-order chi connectivity index (χ1) is 15.3. The van der Waals surface area contributed by atoms with Gasteiger partial charge in [-0.2, -0.15) is 0 Å². The zero-order valence-corrected chi connectivity index (χ0v) is 18.7. The first kappa shape index (κ1) is 22.9. The smallest absolute Gasteiger partial charge is 0.265 e. The van der Waals surface area contributed by atoms with Crippen LogP contribution in [0.4, 0.5) is 11.4 Å². The van der Waals surface area contributed by atoms with Gasteiger partial charge in [0.2, 0.25) is 0 Å². The summed E-state index contributed by atoms with van der Waals surface area (Å²) in [4.78, 5) is 24.9. The molecular weight excluding hydrogens is 404 g/mol. The number of benzene rings is 3. The lowest BCUT2D eigenvalue weighted by atomic mass is 10.2. The quantitative estimate of drug-likeness (QED) is 0.518. The molecule has 3 aromatic rings. The van der Waals surface area contributed by atoms with Gasteiger partial charge in [-0.05, 0) is 75.2 Å². The predicted octanol–water partition coefficient (Wildman–Crippen LogP) is 5.12. The molecule has 0 bridgehead atoms. The highest BCUT2D eigenvalue weighted by molar-refractivity contribution is 5.96. The van der Waals surface area contributed by atoms with Crippen LogP contribution in [0.3, 0.4) is 0 Å². The highest BCUT2D eigenvalue weighted by Crippen LogP contribution is 2.20. The van der Waals surface area contributed by atoms with Crippen LogP contribution in [0.1, 0.15) is 25.0 Å². The van der Waals surface area contributed by atoms with E-state index in [1.165, 1.54) is 0 Å². The standard InChI is InChI=1S/C26H28N2O4/c1-17-9-5-7-11-23(17)31-19(3)25(29)27-21-13-15-22(16-14-21)28-26(30)20(4)32-24-12-8-6-10-18(24)2/h5-16,19-20H,1-4H3,(H,27,29)(H,28,30)/t19-,20-/m1/s1. The molecule has 2 atom stereocenters. The van der Waals surface area contributed by atoms with E-state index in [0.29, 0.717) is 22.9 Å². The molecule has 6 heteroatoms. The van der Waals surface area contributed by atoms with E-state index in [1.54, 1.807) is 38.1 Å². The SMILES string of the molecule is Cc1ccccc1O[C@H](C)C(=O)Nc1ccc(NC(=O)[C@@H](C)Oc2ccccc2C)cc1. The number of carbonyl (C=O) groups excluding carboxylic acids is 2. The Morgan fingerprint density at radius 3 is 1.31 bits per heavy atom. The molecule has 3 rings (SSSR count). The minimum absolute atomic E-state index is 0.259. The van der Waals surface area contributed by atoms with Crippen LogP contribution in [-0.2, 0) is 9.59 Å². The second kappa shape index (κ2) is 10.5. The predicted molar refractivity (Wildman–Crippen MR) is 126 cm³/mol. The average molecular weight is 433 g/mol. The van der Waals surface area contributed by atoms with Gasteiger partial charge in [-0.1, -0.05) is 36.4 Å². The second-order valence-electron chi connectivity index (χ2n) is 7.61. The van der Waals surface area contributed by atoms with Crippen molar-refractivity contribution in [2.24, 2.45) is 0 Å². The Labute approximate surface area is 188 Å². The molecule has 32 heavy (non-hydrogen) atoms. The molecule has 3 aromatic carbocycles. The van der Waals surface area contributed by atoms with Crippen LogP contribution in [0, 0.1) is 13.8 Å². The topological polar surface area (TPSA) is 76.7 Å². The number of amides is 2. The van der Waals surface area contributed by atoms with Gasteiger partial charge in [0.15, 0.2) is 12.2 Å². The van der Waals surface area contributed by atoms with E-state index in [-0.39, 0.29) is 11.8 Å². The van der Waals surface area contributed by atoms with Gasteiger partial charge in [0, 0.05) is 11.4 Å². The number of aryl methyl sites for hydroxylation is 2. The first-order valence-corrected chi connectivity index (χ1v) is 10.5. The van der Waals surface area contributed by atoms with Crippen molar-refractivity contribution >= 4 is 23.2 Å². The van der Waals surface area contributed by atoms with Crippen molar-refractivity contribution in [3.63, 3.8) is 0 Å². The molecule has 0 heterocycles. The Bertz CT molecular complexity index is 993. The Morgan fingerprint density at radius 2 is 0.969 bits per heavy atom. The molecule has 0 aromatic heterocycles. The van der Waals surface area contributed by atoms with Crippen LogP contribution < -0.4 is 20.1 Å². The molecule has 0 radical (unpaired) electrons. The van der Waals surface area contributed by atoms with E-state index in [4.69, 9.17) is 9.47 Å². The van der Waals surface area contributed by atoms with Gasteiger partial charge in [0.05, 0.1) is 0 Å². The fourth-order valence-electron chi connectivity index (χ4n) is 2.99. The second-order valence-corrected chi connectivity index (χ2v) is 7.61. The van der Waals surface area contributed by atoms with Crippen LogP contribution in [0.25, 0.3) is 0 Å². The summed E-state index contributed by atoms with van der Waals surface area (Å²) in [5.74, 6) is 0.834. The molecule has 0 aliphatic rings. The molecule has 2 N–H and O–H groups in total. The van der Waals surface area contributed by atoms with Gasteiger partial charge in [-0.25, -0.2) is 0 Å². The zero-order valence-electron chi connectivity index (χ0n) is 18.7. The zero-order chi connectivity index (χ0) is 23.1. The summed E-state index contributed by atoms with van der Waals surface area (Å²) in [5, 5.41) is 5.64. The minimum Gasteiger partial charge on any atom is -0.481 e. The summed E-state index contributed by atoms with van der Waals surface area (Å²) in [6, 6.07) is 22.0. The molecule has 2 amide bonds. The van der Waals surface area contributed by atoms with Gasteiger partial charge >= 0.3 is 0 Å². The lowest BCUT2D eigenvalue weighted by molar-refractivity contribution is -0.122. The van der Waals surface area contributed by atoms with Crippen molar-refractivity contribution in [2.75, 3.05) is 10.6 Å². The summed E-state index contributed by atoms with van der Waals surface area (Å²) >= 11 is 0. The number of hydrogen-bond donors (Lipinski definition) is 2. The van der Waals surface area contributed by atoms with Crippen LogP contribution in [0.2, 0.25) is 0 Å². The van der Waals surface area contributed by atoms with Crippen molar-refractivity contribution < 1.29 is 19.1 Å². The molecular formula is C26H28N2O4. The normalized spacial score (nSPS) is 12.4. The minimum atomic E-state index is -0.657. The molecule has 0 saturated heterocycles. The third-order valence-electron chi connectivity index (χ3n) is 4.95. The van der Waals surface area contributed by atoms with E-state index in [1.807, 2.05) is 62.4 Å². The number of nitrogens with one attached hydrogen (secondary N) is 2. The highest BCUT2D eigenvalue weighted by Gasteiger charge is 2.17. The molecule has 0 aliphatic heterocycles. The molecule has 166 valence electrons. The van der Waals surface area contributed by atoms with Crippen LogP contribution in [0.15, 0.2) is 72.8 Å². The summed E-state index contributed by atoms with van der Waals surface area (Å²) in [6.45, 7) is 7.26. The van der Waals surface area contributed by atoms with E-state index in [2.05, 4.69) is 10.6 Å². The maximum Gasteiger partial charge on any atom is 0.265 e. The largest absolute Gasteiger partial charge is 0.481 e. The van der Waals surface area contributed by atoms with E-state index in [9.17, 15) is 9.59 Å². The monoisotopic (exact) mass is 432 g/mol. The third kappa shape index (κ3) is 6.11. The lowest BCUT2D eigenvalue weighted by Crippen LogP contribution is -2.30. The van der Waals surface area contributed by atoms with Gasteiger partial charge in [-0.3, -0.25) is 9.59 Å². The van der Waals surface area contributed by atoms with Crippen LogP contribution in [0.5, 0.6) is 11.5 Å². The Hall–Kier alpha value is -3.80. The van der Waals surface area contributed by atoms with Crippen LogP contribution >= 0.6 is 0 Å². The van der Waals surface area contributed by atoms with Crippen molar-refractivity contribution in [2.45, 2.75) is 39.9 Å². The maximum atomic E-state index is 12.5. The van der Waals surface area contributed by atoms with Gasteiger partial charge < -0.3 is 20.1 Å². The maximum absolute atomic E-state index is 12.5. The Kier molecular flexibility index (Phi) is 7.49. The van der Waals surface area contributed by atoms with Crippen molar-refractivity contribution in [3.8, 4) is 11.5 Å². The molecule has 0 unspecified atom stereocenters. The fraction of sp³-hybridized carbons (Fsp3) is 0.231.